The van der Waals surface area contributed by atoms with E-state index in [9.17, 15) is 0 Å². The fourth-order valence-electron chi connectivity index (χ4n) is 23.8. The molecule has 0 fully saturated rings. The molecule has 27 rings (SSSR count). The Morgan fingerprint density at radius 2 is 0.460 bits per heavy atom. The zero-order valence-corrected chi connectivity index (χ0v) is 97.2. The van der Waals surface area contributed by atoms with Gasteiger partial charge in [0.05, 0.1) is 48.3 Å². The van der Waals surface area contributed by atoms with Gasteiger partial charge in [-0.05, 0) is 99.2 Å². The van der Waals surface area contributed by atoms with Crippen molar-refractivity contribution in [3.63, 3.8) is 0 Å². The van der Waals surface area contributed by atoms with Crippen LogP contribution in [0, 0.1) is 55.4 Å². The summed E-state index contributed by atoms with van der Waals surface area (Å²) in [6.07, 6.45) is 0. The molecule has 6 aliphatic rings. The normalized spacial score (nSPS) is 13.4. The van der Waals surface area contributed by atoms with Gasteiger partial charge in [0.25, 0.3) is 0 Å². The molecule has 0 amide bonds. The summed E-state index contributed by atoms with van der Waals surface area (Å²) < 4.78 is 58.8. The summed E-state index contributed by atoms with van der Waals surface area (Å²) in [5.41, 5.74) is 18.0. The third-order valence-electron chi connectivity index (χ3n) is 29.8. The molecule has 0 aliphatic carbocycles. The number of rotatable bonds is 16. The zero-order chi connectivity index (χ0) is 103. The van der Waals surface area contributed by atoms with Crippen LogP contribution in [0.4, 0.5) is 11.6 Å². The molecule has 0 saturated heterocycles. The third kappa shape index (κ3) is 14.4. The monoisotopic (exact) mass is 2450 g/mol. The number of aryl methyl sites for hydroxylation is 8. The molecule has 150 heavy (non-hydrogen) atoms. The predicted molar refractivity (Wildman–Crippen MR) is 626 cm³/mol. The molecule has 742 valence electrons. The maximum absolute atomic E-state index is 6.94. The molecule has 0 spiro atoms. The van der Waals surface area contributed by atoms with Crippen molar-refractivity contribution in [1.82, 2.24) is 45.4 Å². The fraction of sp³-hybridized carbons (Fsp3) is 0.200. The van der Waals surface area contributed by atoms with E-state index in [1.807, 2.05) is 79.7 Å². The topological polar surface area (TPSA) is 267 Å². The van der Waals surface area contributed by atoms with Gasteiger partial charge in [0.2, 0.25) is 0 Å². The van der Waals surface area contributed by atoms with Crippen molar-refractivity contribution < 1.29 is 37.9 Å². The van der Waals surface area contributed by atoms with Gasteiger partial charge in [-0.2, -0.15) is 0 Å². The van der Waals surface area contributed by atoms with Gasteiger partial charge in [-0.15, -0.1) is 0 Å². The average Bonchev–Trinajstić information content (AvgIpc) is 1.51. The minimum atomic E-state index is -5.01. The van der Waals surface area contributed by atoms with E-state index in [0.29, 0.717) is 191 Å². The standard InChI is InChI=1S/C60H50N8O4.C60H48N8O4.4BrH.2Sn/c2*1-9-69-49-37-25-17-13-21-33(37)29(5)41-45(49)57-62-53(41)61-54-42-30(6)34-22-14-18-26-38(34)50(70-10-2)46(42)58(63-54)65-56-44-32(8)36-24-16-20-28-40(36)52(72-12-4)48(44)60(67-56)68-59-47-43(55(64-57)66-59)31(7)35-23-15-19-27-39(35)51(47)71-11-3;;;;;;/h13-28H,9-12H2,1-8H3,(H2,61,62,63,64,65,66,67,68);13-28H,9-12H2,1-8H3;4*1H;;/q;-2;;;;;+2;+4/p-4. The summed E-state index contributed by atoms with van der Waals surface area (Å²) in [5.74, 6) is 10.7. The second-order valence-electron chi connectivity index (χ2n) is 37.6. The van der Waals surface area contributed by atoms with Gasteiger partial charge in [0.15, 0.2) is 23.3 Å². The van der Waals surface area contributed by atoms with Crippen LogP contribution in [-0.2, 0) is 0 Å². The van der Waals surface area contributed by atoms with Gasteiger partial charge in [0, 0.05) is 43.4 Å². The Kier molecular flexibility index (Phi) is 24.6. The first-order chi connectivity index (χ1) is 73.2. The zero-order valence-electron chi connectivity index (χ0n) is 85.2. The number of hydrogen-bond acceptors (Lipinski definition) is 20. The summed E-state index contributed by atoms with van der Waals surface area (Å²) in [6.45, 7) is 36.6. The first-order valence-electron chi connectivity index (χ1n) is 50.7. The number of nitrogens with zero attached hydrogens (tertiary/aromatic N) is 14. The summed E-state index contributed by atoms with van der Waals surface area (Å²) >= 11 is 10.6. The molecule has 16 aromatic carbocycles. The average molecular weight is 2450 g/mol. The number of H-pyrrole nitrogens is 2. The Hall–Kier alpha value is -13.8. The molecule has 0 unspecified atom stereocenters. The predicted octanol–water partition coefficient (Wildman–Crippen LogP) is 29.2. The van der Waals surface area contributed by atoms with Crippen molar-refractivity contribution in [3.8, 4) is 91.5 Å². The number of nitrogens with one attached hydrogen (secondary N) is 2. The molecule has 5 aromatic heterocycles. The quantitative estimate of drug-likeness (QED) is 0.0852. The van der Waals surface area contributed by atoms with Gasteiger partial charge in [-0.25, -0.2) is 29.9 Å². The Labute approximate surface area is 900 Å². The second kappa shape index (κ2) is 38.0. The van der Waals surface area contributed by atoms with Gasteiger partial charge in [-0.3, -0.25) is 0 Å². The third-order valence-corrected chi connectivity index (χ3v) is 44.8. The minimum absolute atomic E-state index is 0.145. The second-order valence-corrected chi connectivity index (χ2v) is 77.9. The summed E-state index contributed by atoms with van der Waals surface area (Å²) in [6, 6.07) is 67.0. The molecule has 21 aromatic rings. The van der Waals surface area contributed by atoms with E-state index >= 15 is 0 Å². The number of aromatic nitrogens is 10. The summed E-state index contributed by atoms with van der Waals surface area (Å²) in [7, 11) is 0. The first kappa shape index (κ1) is 97.0. The van der Waals surface area contributed by atoms with Crippen LogP contribution in [-0.4, -0.2) is 153 Å². The van der Waals surface area contributed by atoms with Gasteiger partial charge in [0.1, 0.15) is 45.6 Å². The SMILES string of the molecule is CCOc1c2c(c(C)c3ccccc13)-c1nc-2nc2[nH]c(nc3nc(nc4[nH]c(n1)c1c(C)c5ccccc5c(OCC)c41)-c1c-3c(OCC)c3ccccc3c1C)c1c(OCC)c3ccccc3c(C)c21.CCOc1c2c(c(C)c3ccccc13)C1=NC2=Nc2c3c(C)c4ccccc4c(OCC)c3c3[n]2[Sn]([Br])([Br])[n]2c(c4c(C)c5ccccc5c(OCC)c4c2=NC2=NC(=N3)c3c2c(C)c2ccccc2c3OCC)=N1.[Br][Sn][Br]. The Morgan fingerprint density at radius 3 is 0.780 bits per heavy atom. The van der Waals surface area contributed by atoms with E-state index in [2.05, 4.69) is 292 Å². The number of ether oxygens (including phenoxy) is 8. The van der Waals surface area contributed by atoms with E-state index in [-0.39, 0.29) is 16.7 Å². The molecule has 14 bridgehead atoms. The van der Waals surface area contributed by atoms with E-state index in [1.54, 1.807) is 0 Å². The number of fused-ring (bicyclic) bond motifs is 42. The van der Waals surface area contributed by atoms with Gasteiger partial charge >= 0.3 is 493 Å². The van der Waals surface area contributed by atoms with Gasteiger partial charge < -0.3 is 28.9 Å². The molecule has 11 heterocycles. The van der Waals surface area contributed by atoms with E-state index in [4.69, 9.17) is 97.8 Å². The van der Waals surface area contributed by atoms with Gasteiger partial charge in [-0.1, -0.05) is 97.1 Å². The molecule has 0 atom stereocenters. The number of amidine groups is 4. The number of aromatic amines is 2. The van der Waals surface area contributed by atoms with E-state index < -0.39 is 14.5 Å². The summed E-state index contributed by atoms with van der Waals surface area (Å²) in [5, 5.41) is 22.7. The van der Waals surface area contributed by atoms with Crippen molar-refractivity contribution in [2.24, 2.45) is 30.0 Å². The number of aliphatic imine (C=N–C) groups is 4. The number of hydrogen-bond donors (Lipinski definition) is 2. The molecule has 30 heteroatoms. The van der Waals surface area contributed by atoms with Crippen molar-refractivity contribution in [2.45, 2.75) is 111 Å². The van der Waals surface area contributed by atoms with Crippen molar-refractivity contribution in [1.29, 1.82) is 0 Å². The van der Waals surface area contributed by atoms with Crippen LogP contribution >= 0.6 is 50.8 Å². The van der Waals surface area contributed by atoms with Crippen LogP contribution in [0.2, 0.25) is 0 Å². The van der Waals surface area contributed by atoms with E-state index in [0.717, 1.165) is 218 Å². The van der Waals surface area contributed by atoms with Crippen molar-refractivity contribution in [3.05, 3.63) is 272 Å². The van der Waals surface area contributed by atoms with Crippen LogP contribution in [0.1, 0.15) is 122 Å². The van der Waals surface area contributed by atoms with E-state index in [1.165, 1.54) is 0 Å². The maximum atomic E-state index is 6.94. The first-order valence-corrected chi connectivity index (χ1v) is 78.8. The fourth-order valence-corrected chi connectivity index (χ4v) is 38.1. The molecule has 2 N–H and O–H groups in total. The van der Waals surface area contributed by atoms with Crippen LogP contribution in [0.3, 0.4) is 0 Å². The number of halogens is 4. The Balaban J connectivity index is 0.000000152. The molecule has 6 aliphatic heterocycles. The molecule has 0 saturated carbocycles. The van der Waals surface area contributed by atoms with Crippen molar-refractivity contribution >= 4 is 269 Å². The summed E-state index contributed by atoms with van der Waals surface area (Å²) in [4.78, 5) is 75.5. The molecular weight excluding hydrogens is 2350 g/mol. The molecule has 24 nitrogen and oxygen atoms in total. The van der Waals surface area contributed by atoms with Crippen LogP contribution in [0.25, 0.3) is 197 Å². The van der Waals surface area contributed by atoms with Crippen LogP contribution in [0.15, 0.2) is 224 Å². The van der Waals surface area contributed by atoms with Crippen LogP contribution in [0.5, 0.6) is 46.0 Å². The van der Waals surface area contributed by atoms with Crippen molar-refractivity contribution in [2.75, 3.05) is 52.9 Å². The molecular formula is C120H98Br4N16O8Sn2. The Morgan fingerprint density at radius 1 is 0.233 bits per heavy atom. The molecule has 2 radical (unpaired) electrons. The van der Waals surface area contributed by atoms with Crippen LogP contribution < -0.4 is 48.9 Å². The number of benzene rings is 16. The Bertz CT molecular complexity index is 10100.